The summed E-state index contributed by atoms with van der Waals surface area (Å²) in [5.41, 5.74) is 5.48. The van der Waals surface area contributed by atoms with E-state index in [0.29, 0.717) is 38.6 Å². The SMILES string of the molecule is CCCCCCCC/C=C\C(CCCCCCC(=O)NC(CCCN)C(=O)O)OC(=O)CCCCCCCCCCCCCCCCCCCCC. The van der Waals surface area contributed by atoms with Crippen LogP contribution >= 0.6 is 0 Å². The van der Waals surface area contributed by atoms with Crippen molar-refractivity contribution in [3.8, 4) is 0 Å². The Morgan fingerprint density at radius 1 is 0.558 bits per heavy atom. The van der Waals surface area contributed by atoms with Crippen molar-refractivity contribution in [2.75, 3.05) is 6.54 Å². The molecule has 0 aliphatic heterocycles. The highest BCUT2D eigenvalue weighted by molar-refractivity contribution is 5.83. The second-order valence-corrected chi connectivity index (χ2v) is 15.5. The van der Waals surface area contributed by atoms with E-state index in [9.17, 15) is 19.5 Å². The predicted molar refractivity (Wildman–Crippen MR) is 221 cm³/mol. The number of carbonyl (C=O) groups is 3. The fraction of sp³-hybridized carbons (Fsp3) is 0.889. The van der Waals surface area contributed by atoms with Crippen LogP contribution in [0.3, 0.4) is 0 Å². The lowest BCUT2D eigenvalue weighted by Gasteiger charge is -2.15. The number of esters is 1. The second kappa shape index (κ2) is 40.3. The Morgan fingerprint density at radius 2 is 0.981 bits per heavy atom. The number of carboxylic acids is 1. The molecule has 0 spiro atoms. The molecule has 1 amide bonds. The van der Waals surface area contributed by atoms with Crippen LogP contribution in [0, 0.1) is 0 Å². The zero-order valence-electron chi connectivity index (χ0n) is 34.4. The number of aliphatic carboxylic acids is 1. The summed E-state index contributed by atoms with van der Waals surface area (Å²) in [6.07, 6.45) is 44.2. The molecule has 0 heterocycles. The fourth-order valence-corrected chi connectivity index (χ4v) is 6.89. The quantitative estimate of drug-likeness (QED) is 0.0327. The van der Waals surface area contributed by atoms with Gasteiger partial charge in [0.1, 0.15) is 12.1 Å². The first-order valence-electron chi connectivity index (χ1n) is 22.5. The van der Waals surface area contributed by atoms with Gasteiger partial charge in [0.2, 0.25) is 5.91 Å². The van der Waals surface area contributed by atoms with Gasteiger partial charge in [0, 0.05) is 12.8 Å². The smallest absolute Gasteiger partial charge is 0.326 e. The van der Waals surface area contributed by atoms with Crippen LogP contribution in [0.1, 0.15) is 239 Å². The molecule has 2 atom stereocenters. The van der Waals surface area contributed by atoms with Gasteiger partial charge in [0.15, 0.2) is 0 Å². The number of rotatable bonds is 41. The van der Waals surface area contributed by atoms with E-state index in [1.165, 1.54) is 148 Å². The summed E-state index contributed by atoms with van der Waals surface area (Å²) >= 11 is 0. The van der Waals surface area contributed by atoms with Crippen LogP contribution in [0.4, 0.5) is 0 Å². The Kier molecular flexibility index (Phi) is 38.8. The van der Waals surface area contributed by atoms with Crippen molar-refractivity contribution in [1.82, 2.24) is 5.32 Å². The molecule has 0 saturated carbocycles. The standard InChI is InChI=1S/C45H86N2O5/c1-3-5-7-9-11-13-14-15-16-17-18-19-20-21-22-23-25-27-33-39-44(49)52-41(35-30-26-24-12-10-8-6-4-2)36-31-28-29-32-38-43(48)47-42(45(50)51)37-34-40-46/h30,35,41-42H,3-29,31-34,36-40,46H2,1-2H3,(H,47,48)(H,50,51)/b35-30-. The van der Waals surface area contributed by atoms with E-state index in [0.717, 1.165) is 44.9 Å². The van der Waals surface area contributed by atoms with Crippen molar-refractivity contribution in [1.29, 1.82) is 0 Å². The zero-order chi connectivity index (χ0) is 38.2. The molecule has 0 aromatic heterocycles. The third-order valence-corrected chi connectivity index (χ3v) is 10.3. The summed E-state index contributed by atoms with van der Waals surface area (Å²) in [5, 5.41) is 11.9. The van der Waals surface area contributed by atoms with E-state index in [1.54, 1.807) is 0 Å². The average Bonchev–Trinajstić information content (AvgIpc) is 3.13. The van der Waals surface area contributed by atoms with Crippen LogP contribution in [0.2, 0.25) is 0 Å². The lowest BCUT2D eigenvalue weighted by Crippen LogP contribution is -2.40. The molecule has 4 N–H and O–H groups in total. The topological polar surface area (TPSA) is 119 Å². The molecule has 0 aromatic carbocycles. The van der Waals surface area contributed by atoms with Gasteiger partial charge in [-0.05, 0) is 64.0 Å². The number of amides is 1. The van der Waals surface area contributed by atoms with Crippen LogP contribution in [-0.2, 0) is 19.1 Å². The van der Waals surface area contributed by atoms with Gasteiger partial charge < -0.3 is 20.9 Å². The average molecular weight is 735 g/mol. The number of carbonyl (C=O) groups excluding carboxylic acids is 2. The lowest BCUT2D eigenvalue weighted by atomic mass is 10.0. The van der Waals surface area contributed by atoms with E-state index >= 15 is 0 Å². The molecule has 0 fully saturated rings. The van der Waals surface area contributed by atoms with E-state index in [-0.39, 0.29) is 18.0 Å². The number of hydrogen-bond donors (Lipinski definition) is 3. The lowest BCUT2D eigenvalue weighted by molar-refractivity contribution is -0.147. The number of hydrogen-bond acceptors (Lipinski definition) is 5. The molecule has 0 aromatic rings. The normalized spacial score (nSPS) is 12.7. The monoisotopic (exact) mass is 735 g/mol. The molecule has 52 heavy (non-hydrogen) atoms. The second-order valence-electron chi connectivity index (χ2n) is 15.5. The first kappa shape index (κ1) is 50.1. The maximum atomic E-state index is 12.7. The Labute approximate surface area is 321 Å². The Morgan fingerprint density at radius 3 is 1.44 bits per heavy atom. The third-order valence-electron chi connectivity index (χ3n) is 10.3. The molecule has 0 bridgehead atoms. The highest BCUT2D eigenvalue weighted by Crippen LogP contribution is 2.17. The molecule has 0 rings (SSSR count). The Hall–Kier alpha value is -1.89. The van der Waals surface area contributed by atoms with E-state index in [1.807, 2.05) is 0 Å². The van der Waals surface area contributed by atoms with Crippen molar-refractivity contribution in [3.63, 3.8) is 0 Å². The maximum absolute atomic E-state index is 12.7. The highest BCUT2D eigenvalue weighted by atomic mass is 16.5. The zero-order valence-corrected chi connectivity index (χ0v) is 34.4. The molecule has 0 aliphatic carbocycles. The van der Waals surface area contributed by atoms with Crippen LogP contribution in [-0.4, -0.2) is 41.6 Å². The first-order valence-corrected chi connectivity index (χ1v) is 22.5. The van der Waals surface area contributed by atoms with Gasteiger partial charge in [-0.2, -0.15) is 0 Å². The molecule has 0 radical (unpaired) electrons. The van der Waals surface area contributed by atoms with Crippen molar-refractivity contribution < 1.29 is 24.2 Å². The summed E-state index contributed by atoms with van der Waals surface area (Å²) in [5.74, 6) is -1.31. The molecule has 2 unspecified atom stereocenters. The minimum atomic E-state index is -1.01. The summed E-state index contributed by atoms with van der Waals surface area (Å²) in [6, 6.07) is -0.867. The summed E-state index contributed by atoms with van der Waals surface area (Å²) in [7, 11) is 0. The van der Waals surface area contributed by atoms with Crippen LogP contribution in [0.15, 0.2) is 12.2 Å². The van der Waals surface area contributed by atoms with Gasteiger partial charge >= 0.3 is 11.9 Å². The number of allylic oxidation sites excluding steroid dienone is 1. The van der Waals surface area contributed by atoms with Crippen LogP contribution in [0.25, 0.3) is 0 Å². The largest absolute Gasteiger partial charge is 0.480 e. The van der Waals surface area contributed by atoms with Gasteiger partial charge in [-0.25, -0.2) is 4.79 Å². The van der Waals surface area contributed by atoms with Gasteiger partial charge in [0.05, 0.1) is 0 Å². The molecule has 0 saturated heterocycles. The number of unbranched alkanes of at least 4 members (excludes halogenated alkanes) is 27. The van der Waals surface area contributed by atoms with Crippen molar-refractivity contribution in [2.24, 2.45) is 5.73 Å². The highest BCUT2D eigenvalue weighted by Gasteiger charge is 2.19. The van der Waals surface area contributed by atoms with Crippen molar-refractivity contribution >= 4 is 17.8 Å². The maximum Gasteiger partial charge on any atom is 0.326 e. The summed E-state index contributed by atoms with van der Waals surface area (Å²) in [6.45, 7) is 4.93. The third kappa shape index (κ3) is 36.5. The minimum absolute atomic E-state index is 0.0829. The van der Waals surface area contributed by atoms with Crippen LogP contribution in [0.5, 0.6) is 0 Å². The molecule has 0 aliphatic rings. The van der Waals surface area contributed by atoms with Gasteiger partial charge in [-0.3, -0.25) is 9.59 Å². The van der Waals surface area contributed by atoms with Crippen LogP contribution < -0.4 is 11.1 Å². The Bertz CT molecular complexity index is 833. The number of ether oxygens (including phenoxy) is 1. The van der Waals surface area contributed by atoms with E-state index in [4.69, 9.17) is 10.5 Å². The molecular weight excluding hydrogens is 649 g/mol. The summed E-state index contributed by atoms with van der Waals surface area (Å²) < 4.78 is 5.94. The number of nitrogens with two attached hydrogens (primary N) is 1. The van der Waals surface area contributed by atoms with Crippen molar-refractivity contribution in [2.45, 2.75) is 251 Å². The predicted octanol–water partition coefficient (Wildman–Crippen LogP) is 12.7. The number of carboxylic acid groups (broad SMARTS) is 1. The van der Waals surface area contributed by atoms with Gasteiger partial charge in [0.25, 0.3) is 0 Å². The number of nitrogens with one attached hydrogen (secondary N) is 1. The molecule has 7 heteroatoms. The molecule has 7 nitrogen and oxygen atoms in total. The van der Waals surface area contributed by atoms with E-state index in [2.05, 4.69) is 31.3 Å². The summed E-state index contributed by atoms with van der Waals surface area (Å²) in [4.78, 5) is 36.3. The van der Waals surface area contributed by atoms with E-state index < -0.39 is 12.0 Å². The fourth-order valence-electron chi connectivity index (χ4n) is 6.89. The Balaban J connectivity index is 4.14. The minimum Gasteiger partial charge on any atom is -0.480 e. The van der Waals surface area contributed by atoms with Gasteiger partial charge in [-0.15, -0.1) is 0 Å². The van der Waals surface area contributed by atoms with Gasteiger partial charge in [-0.1, -0.05) is 180 Å². The first-order chi connectivity index (χ1) is 25.4. The van der Waals surface area contributed by atoms with Crippen molar-refractivity contribution in [3.05, 3.63) is 12.2 Å². The molecule has 306 valence electrons. The molecular formula is C45H86N2O5.